The molecule has 0 aliphatic carbocycles. The highest BCUT2D eigenvalue weighted by Gasteiger charge is 2.31. The molecule has 0 aliphatic heterocycles. The topological polar surface area (TPSA) is 161 Å². The third-order valence-corrected chi connectivity index (χ3v) is 4.53. The highest BCUT2D eigenvalue weighted by molar-refractivity contribution is 7.89. The average molecular weight is 345 g/mol. The van der Waals surface area contributed by atoms with Crippen molar-refractivity contribution >= 4 is 27.4 Å². The van der Waals surface area contributed by atoms with Gasteiger partial charge in [-0.2, -0.15) is 4.31 Å². The lowest BCUT2D eigenvalue weighted by atomic mass is 10.3. The molecule has 0 unspecified atom stereocenters. The minimum absolute atomic E-state index is 0.344. The number of carbonyl (C=O) groups is 1. The lowest BCUT2D eigenvalue weighted by molar-refractivity contribution is -0.396. The van der Waals surface area contributed by atoms with Crippen molar-refractivity contribution in [3.05, 3.63) is 50.6 Å². The summed E-state index contributed by atoms with van der Waals surface area (Å²) in [6, 6.07) is 2.15. The molecule has 23 heavy (non-hydrogen) atoms. The molecular weight excluding hydrogens is 334 g/mol. The number of carboxylic acid groups (broad SMARTS) is 1. The van der Waals surface area contributed by atoms with Crippen molar-refractivity contribution in [1.29, 1.82) is 0 Å². The summed E-state index contributed by atoms with van der Waals surface area (Å²) in [4.78, 5) is 29.3. The Bertz CT molecular complexity index is 786. The molecule has 0 bridgehead atoms. The molecule has 124 valence electrons. The van der Waals surface area contributed by atoms with Crippen LogP contribution in [0.25, 0.3) is 0 Å². The maximum absolute atomic E-state index is 12.3. The van der Waals surface area contributed by atoms with Gasteiger partial charge in [0.25, 0.3) is 11.4 Å². The van der Waals surface area contributed by atoms with E-state index >= 15 is 0 Å². The Morgan fingerprint density at radius 3 is 2.39 bits per heavy atom. The Hall–Kier alpha value is -2.86. The molecule has 0 atom stereocenters. The molecule has 0 amide bonds. The molecule has 1 N–H and O–H groups in total. The van der Waals surface area contributed by atoms with Crippen molar-refractivity contribution in [1.82, 2.24) is 4.31 Å². The number of likely N-dealkylation sites (N-methyl/N-ethyl adjacent to an activating group) is 1. The van der Waals surface area contributed by atoms with Crippen molar-refractivity contribution in [3.63, 3.8) is 0 Å². The van der Waals surface area contributed by atoms with Gasteiger partial charge in [-0.3, -0.25) is 20.2 Å². The van der Waals surface area contributed by atoms with E-state index in [0.29, 0.717) is 10.4 Å². The van der Waals surface area contributed by atoms with Gasteiger partial charge < -0.3 is 5.11 Å². The fourth-order valence-electron chi connectivity index (χ4n) is 1.55. The standard InChI is InChI=1S/C11H11N3O8S/c1-12(6-2-3-11(15)16)23(21,22)10-5-4-8(13(17)18)7-9(10)14(19)20/h2-5,7H,6H2,1H3,(H,15,16)/b3-2+. The molecule has 0 spiro atoms. The molecule has 12 heteroatoms. The molecule has 0 radical (unpaired) electrons. The van der Waals surface area contributed by atoms with Crippen LogP contribution in [-0.2, 0) is 14.8 Å². The van der Waals surface area contributed by atoms with Crippen LogP contribution in [0, 0.1) is 20.2 Å². The van der Waals surface area contributed by atoms with E-state index in [1.165, 1.54) is 0 Å². The summed E-state index contributed by atoms with van der Waals surface area (Å²) in [6.45, 7) is -0.344. The van der Waals surface area contributed by atoms with Crippen LogP contribution in [0.1, 0.15) is 0 Å². The van der Waals surface area contributed by atoms with E-state index < -0.39 is 42.1 Å². The molecule has 0 aliphatic rings. The summed E-state index contributed by atoms with van der Waals surface area (Å²) in [6.07, 6.45) is 1.76. The van der Waals surface area contributed by atoms with Crippen molar-refractivity contribution in [2.24, 2.45) is 0 Å². The van der Waals surface area contributed by atoms with Crippen LogP contribution in [-0.4, -0.2) is 47.2 Å². The maximum Gasteiger partial charge on any atom is 0.328 e. The smallest absolute Gasteiger partial charge is 0.328 e. The van der Waals surface area contributed by atoms with Gasteiger partial charge in [0.15, 0.2) is 4.90 Å². The fourth-order valence-corrected chi connectivity index (χ4v) is 2.80. The number of nitro benzene ring substituents is 2. The van der Waals surface area contributed by atoms with Crippen molar-refractivity contribution in [2.45, 2.75) is 4.90 Å². The first-order valence-electron chi connectivity index (χ1n) is 5.86. The Labute approximate surface area is 129 Å². The highest BCUT2D eigenvalue weighted by Crippen LogP contribution is 2.29. The van der Waals surface area contributed by atoms with E-state index in [2.05, 4.69) is 0 Å². The molecule has 0 fully saturated rings. The maximum atomic E-state index is 12.3. The van der Waals surface area contributed by atoms with Crippen molar-refractivity contribution < 1.29 is 28.2 Å². The summed E-state index contributed by atoms with van der Waals surface area (Å²) in [5.41, 5.74) is -1.56. The summed E-state index contributed by atoms with van der Waals surface area (Å²) < 4.78 is 25.3. The second kappa shape index (κ2) is 6.93. The highest BCUT2D eigenvalue weighted by atomic mass is 32.2. The van der Waals surface area contributed by atoms with Crippen LogP contribution in [0.15, 0.2) is 35.2 Å². The van der Waals surface area contributed by atoms with Crippen molar-refractivity contribution in [2.75, 3.05) is 13.6 Å². The zero-order valence-corrected chi connectivity index (χ0v) is 12.5. The number of non-ortho nitro benzene ring substituents is 1. The molecule has 1 aromatic carbocycles. The van der Waals surface area contributed by atoms with Gasteiger partial charge in [0.1, 0.15) is 0 Å². The third-order valence-electron chi connectivity index (χ3n) is 2.66. The Balaban J connectivity index is 3.29. The molecule has 0 saturated carbocycles. The molecule has 1 rings (SSSR count). The quantitative estimate of drug-likeness (QED) is 0.430. The van der Waals surface area contributed by atoms with Gasteiger partial charge >= 0.3 is 5.97 Å². The van der Waals surface area contributed by atoms with E-state index in [1.807, 2.05) is 0 Å². The van der Waals surface area contributed by atoms with Gasteiger partial charge in [-0.1, -0.05) is 6.08 Å². The lowest BCUT2D eigenvalue weighted by Crippen LogP contribution is -2.27. The zero-order valence-electron chi connectivity index (χ0n) is 11.6. The second-order valence-electron chi connectivity index (χ2n) is 4.19. The van der Waals surface area contributed by atoms with E-state index in [1.54, 1.807) is 0 Å². The van der Waals surface area contributed by atoms with Crippen LogP contribution in [0.3, 0.4) is 0 Å². The second-order valence-corrected chi connectivity index (χ2v) is 6.21. The van der Waals surface area contributed by atoms with Gasteiger partial charge in [0.2, 0.25) is 10.0 Å². The predicted molar refractivity (Wildman–Crippen MR) is 76.3 cm³/mol. The first-order chi connectivity index (χ1) is 10.6. The Morgan fingerprint density at radius 2 is 1.91 bits per heavy atom. The van der Waals surface area contributed by atoms with Crippen LogP contribution in [0.2, 0.25) is 0 Å². The first-order valence-corrected chi connectivity index (χ1v) is 7.30. The van der Waals surface area contributed by atoms with E-state index in [-0.39, 0.29) is 6.54 Å². The van der Waals surface area contributed by atoms with Gasteiger partial charge in [0.05, 0.1) is 15.9 Å². The lowest BCUT2D eigenvalue weighted by Gasteiger charge is -2.15. The van der Waals surface area contributed by atoms with Gasteiger partial charge in [-0.25, -0.2) is 13.2 Å². The largest absolute Gasteiger partial charge is 0.478 e. The number of carboxylic acids is 1. The third kappa shape index (κ3) is 4.31. The predicted octanol–water partition coefficient (Wildman–Crippen LogP) is 0.764. The fraction of sp³-hybridized carbons (Fsp3) is 0.182. The van der Waals surface area contributed by atoms with Crippen LogP contribution in [0.5, 0.6) is 0 Å². The summed E-state index contributed by atoms with van der Waals surface area (Å²) in [5, 5.41) is 30.0. The molecule has 1 aromatic rings. The molecule has 0 heterocycles. The number of aliphatic carboxylic acids is 1. The van der Waals surface area contributed by atoms with E-state index in [9.17, 15) is 33.4 Å². The number of nitrogens with zero attached hydrogens (tertiary/aromatic N) is 3. The van der Waals surface area contributed by atoms with Gasteiger partial charge in [-0.15, -0.1) is 0 Å². The van der Waals surface area contributed by atoms with Crippen LogP contribution < -0.4 is 0 Å². The molecule has 11 nitrogen and oxygen atoms in total. The number of rotatable bonds is 7. The van der Waals surface area contributed by atoms with Gasteiger partial charge in [-0.05, 0) is 6.07 Å². The minimum Gasteiger partial charge on any atom is -0.478 e. The molecule has 0 aromatic heterocycles. The average Bonchev–Trinajstić information content (AvgIpc) is 2.45. The number of hydrogen-bond acceptors (Lipinski definition) is 7. The number of sulfonamides is 1. The SMILES string of the molecule is CN(C/C=C/C(=O)O)S(=O)(=O)c1ccc([N+](=O)[O-])cc1[N+](=O)[O-]. The number of nitro groups is 2. The Morgan fingerprint density at radius 1 is 1.30 bits per heavy atom. The first kappa shape index (κ1) is 18.2. The Kier molecular flexibility index (Phi) is 5.48. The summed E-state index contributed by atoms with van der Waals surface area (Å²) >= 11 is 0. The number of benzene rings is 1. The van der Waals surface area contributed by atoms with Crippen molar-refractivity contribution in [3.8, 4) is 0 Å². The number of hydrogen-bond donors (Lipinski definition) is 1. The molecular formula is C11H11N3O8S. The summed E-state index contributed by atoms with van der Waals surface area (Å²) in [5.74, 6) is -1.28. The van der Waals surface area contributed by atoms with Crippen LogP contribution in [0.4, 0.5) is 11.4 Å². The van der Waals surface area contributed by atoms with E-state index in [4.69, 9.17) is 5.11 Å². The van der Waals surface area contributed by atoms with E-state index in [0.717, 1.165) is 31.3 Å². The van der Waals surface area contributed by atoms with Gasteiger partial charge in [0, 0.05) is 25.7 Å². The molecule has 0 saturated heterocycles. The van der Waals surface area contributed by atoms with Crippen LogP contribution >= 0.6 is 0 Å². The summed E-state index contributed by atoms with van der Waals surface area (Å²) in [7, 11) is -3.24. The monoisotopic (exact) mass is 345 g/mol. The minimum atomic E-state index is -4.33. The normalized spacial score (nSPS) is 11.7. The zero-order chi connectivity index (χ0) is 17.8.